The van der Waals surface area contributed by atoms with Crippen molar-refractivity contribution in [2.24, 2.45) is 0 Å². The van der Waals surface area contributed by atoms with E-state index in [4.69, 9.17) is 10.8 Å². The first-order valence-corrected chi connectivity index (χ1v) is 5.45. The molecule has 0 fully saturated rings. The topological polar surface area (TPSA) is 58.3 Å². The van der Waals surface area contributed by atoms with E-state index in [9.17, 15) is 0 Å². The highest BCUT2D eigenvalue weighted by atomic mass is 16.2. The third-order valence-electron chi connectivity index (χ3n) is 2.36. The number of aliphatic hydroxyl groups is 1. The predicted molar refractivity (Wildman–Crippen MR) is 65.0 cm³/mol. The number of rotatable bonds is 6. The third-order valence-corrected chi connectivity index (χ3v) is 2.36. The van der Waals surface area contributed by atoms with E-state index in [0.717, 1.165) is 37.2 Å². The second-order valence-corrected chi connectivity index (χ2v) is 3.80. The van der Waals surface area contributed by atoms with Crippen molar-refractivity contribution in [3.8, 4) is 0 Å². The fourth-order valence-electron chi connectivity index (χ4n) is 1.48. The Morgan fingerprint density at radius 1 is 1.27 bits per heavy atom. The summed E-state index contributed by atoms with van der Waals surface area (Å²) in [5, 5.41) is 11.9. The lowest BCUT2D eigenvalue weighted by Crippen LogP contribution is -2.04. The summed E-state index contributed by atoms with van der Waals surface area (Å²) in [5.41, 5.74) is 8.85. The van der Waals surface area contributed by atoms with Gasteiger partial charge in [-0.3, -0.25) is 0 Å². The van der Waals surface area contributed by atoms with Crippen LogP contribution in [0, 0.1) is 6.92 Å². The van der Waals surface area contributed by atoms with Gasteiger partial charge in [-0.1, -0.05) is 6.07 Å². The van der Waals surface area contributed by atoms with E-state index in [1.165, 1.54) is 5.56 Å². The molecule has 0 aromatic heterocycles. The Kier molecular flexibility index (Phi) is 4.98. The molecule has 0 saturated carbocycles. The summed E-state index contributed by atoms with van der Waals surface area (Å²) < 4.78 is 0. The molecule has 0 unspecified atom stereocenters. The zero-order valence-electron chi connectivity index (χ0n) is 9.29. The first-order valence-electron chi connectivity index (χ1n) is 5.45. The molecule has 0 amide bonds. The monoisotopic (exact) mass is 208 g/mol. The average molecular weight is 208 g/mol. The Bertz CT molecular complexity index is 300. The van der Waals surface area contributed by atoms with Crippen LogP contribution in [0.25, 0.3) is 0 Å². The first kappa shape index (κ1) is 11.9. The van der Waals surface area contributed by atoms with Crippen LogP contribution in [0.4, 0.5) is 11.4 Å². The van der Waals surface area contributed by atoms with Crippen molar-refractivity contribution in [1.29, 1.82) is 0 Å². The molecule has 3 nitrogen and oxygen atoms in total. The van der Waals surface area contributed by atoms with Gasteiger partial charge in [-0.25, -0.2) is 0 Å². The van der Waals surface area contributed by atoms with Crippen molar-refractivity contribution >= 4 is 11.4 Å². The van der Waals surface area contributed by atoms with Crippen LogP contribution in [0.3, 0.4) is 0 Å². The molecular weight excluding hydrogens is 188 g/mol. The zero-order chi connectivity index (χ0) is 11.1. The van der Waals surface area contributed by atoms with E-state index < -0.39 is 0 Å². The number of anilines is 2. The van der Waals surface area contributed by atoms with E-state index in [0.29, 0.717) is 0 Å². The smallest absolute Gasteiger partial charge is 0.0574 e. The van der Waals surface area contributed by atoms with E-state index in [2.05, 4.69) is 5.32 Å². The number of nitrogen functional groups attached to an aromatic ring is 1. The Morgan fingerprint density at radius 3 is 2.73 bits per heavy atom. The quantitative estimate of drug-likeness (QED) is 0.496. The van der Waals surface area contributed by atoms with Gasteiger partial charge in [0.2, 0.25) is 0 Å². The number of unbranched alkanes of at least 4 members (excludes halogenated alkanes) is 2. The molecule has 0 aliphatic heterocycles. The molecular formula is C12H20N2O. The molecule has 0 saturated heterocycles. The zero-order valence-corrected chi connectivity index (χ0v) is 9.29. The third kappa shape index (κ3) is 4.21. The summed E-state index contributed by atoms with van der Waals surface area (Å²) >= 11 is 0. The van der Waals surface area contributed by atoms with Crippen LogP contribution < -0.4 is 11.1 Å². The van der Waals surface area contributed by atoms with Gasteiger partial charge >= 0.3 is 0 Å². The molecule has 0 spiro atoms. The maximum atomic E-state index is 8.62. The number of nitrogens with two attached hydrogens (primary N) is 1. The molecule has 4 N–H and O–H groups in total. The number of hydrogen-bond acceptors (Lipinski definition) is 3. The number of nitrogens with one attached hydrogen (secondary N) is 1. The van der Waals surface area contributed by atoms with Crippen molar-refractivity contribution in [2.75, 3.05) is 24.2 Å². The highest BCUT2D eigenvalue weighted by molar-refractivity contribution is 5.66. The van der Waals surface area contributed by atoms with E-state index in [1.54, 1.807) is 0 Å². The molecule has 0 aliphatic rings. The molecule has 15 heavy (non-hydrogen) atoms. The summed E-state index contributed by atoms with van der Waals surface area (Å²) in [7, 11) is 0. The van der Waals surface area contributed by atoms with Crippen LogP contribution in [-0.2, 0) is 0 Å². The van der Waals surface area contributed by atoms with Gasteiger partial charge in [-0.05, 0) is 43.9 Å². The SMILES string of the molecule is Cc1ccc(NCCCCCO)c(N)c1. The molecule has 1 aromatic carbocycles. The van der Waals surface area contributed by atoms with Crippen molar-refractivity contribution in [2.45, 2.75) is 26.2 Å². The van der Waals surface area contributed by atoms with Crippen molar-refractivity contribution < 1.29 is 5.11 Å². The van der Waals surface area contributed by atoms with Gasteiger partial charge in [0.25, 0.3) is 0 Å². The molecule has 1 rings (SSSR count). The van der Waals surface area contributed by atoms with E-state index in [-0.39, 0.29) is 6.61 Å². The maximum Gasteiger partial charge on any atom is 0.0574 e. The molecule has 1 aromatic rings. The van der Waals surface area contributed by atoms with Gasteiger partial charge < -0.3 is 16.2 Å². The van der Waals surface area contributed by atoms with Gasteiger partial charge in [0.15, 0.2) is 0 Å². The molecule has 0 atom stereocenters. The maximum absolute atomic E-state index is 8.62. The van der Waals surface area contributed by atoms with E-state index in [1.807, 2.05) is 25.1 Å². The second kappa shape index (κ2) is 6.30. The lowest BCUT2D eigenvalue weighted by Gasteiger charge is -2.09. The average Bonchev–Trinajstić information content (AvgIpc) is 2.20. The minimum atomic E-state index is 0.284. The van der Waals surface area contributed by atoms with Gasteiger partial charge in [-0.2, -0.15) is 0 Å². The highest BCUT2D eigenvalue weighted by Crippen LogP contribution is 2.19. The normalized spacial score (nSPS) is 10.3. The summed E-state index contributed by atoms with van der Waals surface area (Å²) in [6.45, 7) is 3.22. The van der Waals surface area contributed by atoms with Crippen LogP contribution in [-0.4, -0.2) is 18.3 Å². The molecule has 0 bridgehead atoms. The van der Waals surface area contributed by atoms with Crippen LogP contribution >= 0.6 is 0 Å². The summed E-state index contributed by atoms with van der Waals surface area (Å²) in [6, 6.07) is 6.03. The fourth-order valence-corrected chi connectivity index (χ4v) is 1.48. The molecule has 0 radical (unpaired) electrons. The molecule has 3 heteroatoms. The number of aliphatic hydroxyl groups excluding tert-OH is 1. The van der Waals surface area contributed by atoms with Gasteiger partial charge in [0.1, 0.15) is 0 Å². The second-order valence-electron chi connectivity index (χ2n) is 3.80. The molecule has 0 heterocycles. The van der Waals surface area contributed by atoms with Crippen LogP contribution in [0.5, 0.6) is 0 Å². The largest absolute Gasteiger partial charge is 0.397 e. The van der Waals surface area contributed by atoms with E-state index >= 15 is 0 Å². The van der Waals surface area contributed by atoms with Gasteiger partial charge in [0, 0.05) is 13.2 Å². The first-order chi connectivity index (χ1) is 7.24. The van der Waals surface area contributed by atoms with Crippen molar-refractivity contribution in [3.05, 3.63) is 23.8 Å². The number of benzene rings is 1. The minimum absolute atomic E-state index is 0.284. The predicted octanol–water partition coefficient (Wildman–Crippen LogP) is 2.15. The van der Waals surface area contributed by atoms with Gasteiger partial charge in [0.05, 0.1) is 11.4 Å². The number of hydrogen-bond donors (Lipinski definition) is 3. The van der Waals surface area contributed by atoms with Crippen molar-refractivity contribution in [3.63, 3.8) is 0 Å². The summed E-state index contributed by atoms with van der Waals surface area (Å²) in [5.74, 6) is 0. The fraction of sp³-hybridized carbons (Fsp3) is 0.500. The lowest BCUT2D eigenvalue weighted by atomic mass is 10.2. The molecule has 84 valence electrons. The lowest BCUT2D eigenvalue weighted by molar-refractivity contribution is 0.283. The Balaban J connectivity index is 2.31. The Morgan fingerprint density at radius 2 is 2.07 bits per heavy atom. The van der Waals surface area contributed by atoms with Crippen LogP contribution in [0.15, 0.2) is 18.2 Å². The standard InChI is InChI=1S/C12H20N2O/c1-10-5-6-12(11(13)9-10)14-7-3-2-4-8-15/h5-6,9,14-15H,2-4,7-8,13H2,1H3. The summed E-state index contributed by atoms with van der Waals surface area (Å²) in [6.07, 6.45) is 2.99. The Hall–Kier alpha value is -1.22. The van der Waals surface area contributed by atoms with Crippen LogP contribution in [0.1, 0.15) is 24.8 Å². The Labute approximate surface area is 91.3 Å². The molecule has 0 aliphatic carbocycles. The van der Waals surface area contributed by atoms with Crippen molar-refractivity contribution in [1.82, 2.24) is 0 Å². The van der Waals surface area contributed by atoms with Gasteiger partial charge in [-0.15, -0.1) is 0 Å². The minimum Gasteiger partial charge on any atom is -0.397 e. The summed E-state index contributed by atoms with van der Waals surface area (Å²) in [4.78, 5) is 0. The number of aryl methyl sites for hydroxylation is 1. The highest BCUT2D eigenvalue weighted by Gasteiger charge is 1.97. The van der Waals surface area contributed by atoms with Crippen LogP contribution in [0.2, 0.25) is 0 Å².